The molecule has 116 valence electrons. The highest BCUT2D eigenvalue weighted by atomic mass is 16.5. The predicted molar refractivity (Wildman–Crippen MR) is 87.9 cm³/mol. The van der Waals surface area contributed by atoms with E-state index in [2.05, 4.69) is 42.4 Å². The molecule has 1 aliphatic carbocycles. The third-order valence-corrected chi connectivity index (χ3v) is 5.20. The van der Waals surface area contributed by atoms with Crippen LogP contribution in [0, 0.1) is 5.92 Å². The van der Waals surface area contributed by atoms with Gasteiger partial charge >= 0.3 is 0 Å². The number of hydrogen-bond donors (Lipinski definition) is 1. The molecule has 1 aromatic carbocycles. The summed E-state index contributed by atoms with van der Waals surface area (Å²) in [5.41, 5.74) is 2.47. The first-order valence-electron chi connectivity index (χ1n) is 8.46. The van der Waals surface area contributed by atoms with Crippen LogP contribution in [0.2, 0.25) is 0 Å². The number of hydrogen-bond acceptors (Lipinski definition) is 3. The van der Waals surface area contributed by atoms with Crippen LogP contribution in [0.25, 0.3) is 0 Å². The Balaban J connectivity index is 1.64. The van der Waals surface area contributed by atoms with Gasteiger partial charge in [-0.3, -0.25) is 4.90 Å². The van der Waals surface area contributed by atoms with Crippen LogP contribution in [0.5, 0.6) is 5.75 Å². The van der Waals surface area contributed by atoms with E-state index in [0.717, 1.165) is 43.1 Å². The molecule has 1 aliphatic heterocycles. The Bertz CT molecular complexity index is 466. The van der Waals surface area contributed by atoms with Gasteiger partial charge in [0.2, 0.25) is 0 Å². The van der Waals surface area contributed by atoms with E-state index in [-0.39, 0.29) is 0 Å². The molecule has 0 amide bonds. The summed E-state index contributed by atoms with van der Waals surface area (Å²) in [4.78, 5) is 2.53. The molecule has 1 N–H and O–H groups in total. The number of nitrogens with one attached hydrogen (secondary N) is 1. The van der Waals surface area contributed by atoms with Crippen molar-refractivity contribution in [3.63, 3.8) is 0 Å². The Morgan fingerprint density at radius 1 is 1.24 bits per heavy atom. The first-order valence-corrected chi connectivity index (χ1v) is 8.46. The zero-order chi connectivity index (χ0) is 14.7. The zero-order valence-corrected chi connectivity index (χ0v) is 13.4. The maximum atomic E-state index is 5.89. The van der Waals surface area contributed by atoms with Gasteiger partial charge in [-0.1, -0.05) is 25.5 Å². The van der Waals surface area contributed by atoms with Gasteiger partial charge in [0.1, 0.15) is 12.4 Å². The Labute approximate surface area is 128 Å². The number of rotatable bonds is 4. The summed E-state index contributed by atoms with van der Waals surface area (Å²) in [5.74, 6) is 2.03. The highest BCUT2D eigenvalue weighted by Gasteiger charge is 2.24. The molecule has 1 fully saturated rings. The van der Waals surface area contributed by atoms with Gasteiger partial charge in [-0.05, 0) is 44.7 Å². The standard InChI is InChI=1S/C18H28N2O/c1-3-14-7-9-16(10-8-14)20(2)13-15-5-4-6-17-18(15)21-12-11-19-17/h4-6,14,16,19H,3,7-13H2,1-2H3. The quantitative estimate of drug-likeness (QED) is 0.909. The molecule has 21 heavy (non-hydrogen) atoms. The van der Waals surface area contributed by atoms with E-state index in [9.17, 15) is 0 Å². The molecule has 0 unspecified atom stereocenters. The highest BCUT2D eigenvalue weighted by molar-refractivity contribution is 5.61. The van der Waals surface area contributed by atoms with Gasteiger partial charge in [0, 0.05) is 24.7 Å². The summed E-state index contributed by atoms with van der Waals surface area (Å²) >= 11 is 0. The van der Waals surface area contributed by atoms with Crippen molar-refractivity contribution in [1.82, 2.24) is 4.90 Å². The minimum absolute atomic E-state index is 0.736. The zero-order valence-electron chi connectivity index (χ0n) is 13.4. The van der Waals surface area contributed by atoms with Gasteiger partial charge in [-0.25, -0.2) is 0 Å². The van der Waals surface area contributed by atoms with Gasteiger partial charge < -0.3 is 10.1 Å². The first kappa shape index (κ1) is 14.7. The van der Waals surface area contributed by atoms with Crippen LogP contribution in [0.15, 0.2) is 18.2 Å². The van der Waals surface area contributed by atoms with E-state index < -0.39 is 0 Å². The summed E-state index contributed by atoms with van der Waals surface area (Å²) in [5, 5.41) is 3.43. The van der Waals surface area contributed by atoms with Crippen molar-refractivity contribution in [2.24, 2.45) is 5.92 Å². The lowest BCUT2D eigenvalue weighted by atomic mass is 9.84. The van der Waals surface area contributed by atoms with Crippen LogP contribution >= 0.6 is 0 Å². The maximum Gasteiger partial charge on any atom is 0.146 e. The Kier molecular flexibility index (Phi) is 4.69. The van der Waals surface area contributed by atoms with Crippen LogP contribution < -0.4 is 10.1 Å². The Hall–Kier alpha value is -1.22. The second-order valence-electron chi connectivity index (χ2n) is 6.57. The van der Waals surface area contributed by atoms with Crippen LogP contribution in [-0.4, -0.2) is 31.1 Å². The van der Waals surface area contributed by atoms with Gasteiger partial charge in [-0.15, -0.1) is 0 Å². The fourth-order valence-electron chi connectivity index (χ4n) is 3.75. The number of anilines is 1. The average Bonchev–Trinajstić information content (AvgIpc) is 2.55. The van der Waals surface area contributed by atoms with Crippen molar-refractivity contribution >= 4 is 5.69 Å². The number of nitrogens with zero attached hydrogens (tertiary/aromatic N) is 1. The molecule has 0 radical (unpaired) electrons. The van der Waals surface area contributed by atoms with E-state index in [1.807, 2.05) is 0 Å². The number of ether oxygens (including phenoxy) is 1. The fourth-order valence-corrected chi connectivity index (χ4v) is 3.75. The second kappa shape index (κ2) is 6.69. The van der Waals surface area contributed by atoms with E-state index in [0.29, 0.717) is 0 Å². The number of benzene rings is 1. The first-order chi connectivity index (χ1) is 10.3. The van der Waals surface area contributed by atoms with Gasteiger partial charge in [-0.2, -0.15) is 0 Å². The lowest BCUT2D eigenvalue weighted by Gasteiger charge is -2.35. The monoisotopic (exact) mass is 288 g/mol. The van der Waals surface area contributed by atoms with E-state index in [1.54, 1.807) is 0 Å². The SMILES string of the molecule is CCC1CCC(N(C)Cc2cccc3c2OCCN3)CC1. The van der Waals surface area contributed by atoms with E-state index >= 15 is 0 Å². The Morgan fingerprint density at radius 2 is 2.05 bits per heavy atom. The molecule has 0 bridgehead atoms. The van der Waals surface area contributed by atoms with Crippen LogP contribution in [0.1, 0.15) is 44.6 Å². The molecule has 3 nitrogen and oxygen atoms in total. The summed E-state index contributed by atoms with van der Waals surface area (Å²) in [6.45, 7) is 5.00. The van der Waals surface area contributed by atoms with Gasteiger partial charge in [0.15, 0.2) is 0 Å². The van der Waals surface area contributed by atoms with Gasteiger partial charge in [0.05, 0.1) is 5.69 Å². The molecular formula is C18H28N2O. The molecule has 0 spiro atoms. The molecule has 1 aromatic rings. The number of fused-ring (bicyclic) bond motifs is 1. The third kappa shape index (κ3) is 3.34. The van der Waals surface area contributed by atoms with Crippen molar-refractivity contribution in [2.45, 2.75) is 51.6 Å². The lowest BCUT2D eigenvalue weighted by molar-refractivity contribution is 0.156. The minimum Gasteiger partial charge on any atom is -0.489 e. The van der Waals surface area contributed by atoms with Gasteiger partial charge in [0.25, 0.3) is 0 Å². The molecule has 1 saturated carbocycles. The molecular weight excluding hydrogens is 260 g/mol. The molecule has 1 heterocycles. The topological polar surface area (TPSA) is 24.5 Å². The molecule has 0 aromatic heterocycles. The number of para-hydroxylation sites is 1. The Morgan fingerprint density at radius 3 is 2.81 bits per heavy atom. The van der Waals surface area contributed by atoms with E-state index in [1.165, 1.54) is 37.7 Å². The molecule has 3 heteroatoms. The lowest BCUT2D eigenvalue weighted by Crippen LogP contribution is -2.35. The van der Waals surface area contributed by atoms with Crippen molar-refractivity contribution in [1.29, 1.82) is 0 Å². The van der Waals surface area contributed by atoms with Crippen molar-refractivity contribution in [2.75, 3.05) is 25.5 Å². The second-order valence-corrected chi connectivity index (χ2v) is 6.57. The van der Waals surface area contributed by atoms with Crippen molar-refractivity contribution in [3.8, 4) is 5.75 Å². The molecule has 0 saturated heterocycles. The van der Waals surface area contributed by atoms with Crippen molar-refractivity contribution in [3.05, 3.63) is 23.8 Å². The summed E-state index contributed by atoms with van der Waals surface area (Å²) in [6, 6.07) is 7.20. The summed E-state index contributed by atoms with van der Waals surface area (Å²) in [7, 11) is 2.27. The minimum atomic E-state index is 0.736. The molecule has 2 aliphatic rings. The predicted octanol–water partition coefficient (Wildman–Crippen LogP) is 3.89. The summed E-state index contributed by atoms with van der Waals surface area (Å²) in [6.07, 6.45) is 6.85. The normalized spacial score (nSPS) is 25.1. The van der Waals surface area contributed by atoms with Crippen LogP contribution in [0.3, 0.4) is 0 Å². The molecule has 0 atom stereocenters. The largest absolute Gasteiger partial charge is 0.489 e. The third-order valence-electron chi connectivity index (χ3n) is 5.20. The van der Waals surface area contributed by atoms with Crippen LogP contribution in [0.4, 0.5) is 5.69 Å². The van der Waals surface area contributed by atoms with E-state index in [4.69, 9.17) is 4.74 Å². The molecule has 3 rings (SSSR count). The summed E-state index contributed by atoms with van der Waals surface area (Å²) < 4.78 is 5.89. The maximum absolute atomic E-state index is 5.89. The average molecular weight is 288 g/mol. The fraction of sp³-hybridized carbons (Fsp3) is 0.667. The smallest absolute Gasteiger partial charge is 0.146 e. The van der Waals surface area contributed by atoms with Crippen LogP contribution in [-0.2, 0) is 6.54 Å². The van der Waals surface area contributed by atoms with Crippen molar-refractivity contribution < 1.29 is 4.74 Å². The highest BCUT2D eigenvalue weighted by Crippen LogP contribution is 2.34.